The highest BCUT2D eigenvalue weighted by molar-refractivity contribution is 6.30. The van der Waals surface area contributed by atoms with Gasteiger partial charge in [-0.3, -0.25) is 9.59 Å². The van der Waals surface area contributed by atoms with Crippen LogP contribution in [0.2, 0.25) is 5.02 Å². The summed E-state index contributed by atoms with van der Waals surface area (Å²) in [4.78, 5) is 27.4. The molecule has 2 amide bonds. The molecule has 0 aromatic heterocycles. The molecule has 1 aliphatic heterocycles. The Balaban J connectivity index is 2.10. The summed E-state index contributed by atoms with van der Waals surface area (Å²) in [5.41, 5.74) is -0.448. The predicted octanol–water partition coefficient (Wildman–Crippen LogP) is 4.10. The summed E-state index contributed by atoms with van der Waals surface area (Å²) in [6.07, 6.45) is 4.12. The van der Waals surface area contributed by atoms with Crippen molar-refractivity contribution < 1.29 is 9.59 Å². The van der Waals surface area contributed by atoms with E-state index in [1.807, 2.05) is 4.90 Å². The molecular weight excluding hydrogens is 312 g/mol. The van der Waals surface area contributed by atoms with Crippen molar-refractivity contribution in [3.05, 3.63) is 29.3 Å². The van der Waals surface area contributed by atoms with Crippen molar-refractivity contribution in [2.24, 2.45) is 5.41 Å². The first-order valence-corrected chi connectivity index (χ1v) is 8.62. The molecule has 5 heteroatoms. The molecule has 1 aromatic rings. The molecule has 23 heavy (non-hydrogen) atoms. The molecule has 0 saturated carbocycles. The highest BCUT2D eigenvalue weighted by Crippen LogP contribution is 2.28. The fourth-order valence-corrected chi connectivity index (χ4v) is 3.10. The van der Waals surface area contributed by atoms with Gasteiger partial charge in [-0.1, -0.05) is 18.5 Å². The van der Waals surface area contributed by atoms with E-state index in [-0.39, 0.29) is 17.9 Å². The Labute approximate surface area is 143 Å². The Morgan fingerprint density at radius 3 is 2.52 bits per heavy atom. The summed E-state index contributed by atoms with van der Waals surface area (Å²) in [6, 6.07) is 7.14. The van der Waals surface area contributed by atoms with Gasteiger partial charge in [0.05, 0.1) is 0 Å². The summed E-state index contributed by atoms with van der Waals surface area (Å²) < 4.78 is 0. The maximum Gasteiger partial charge on any atom is 0.239 e. The molecule has 1 fully saturated rings. The zero-order valence-corrected chi connectivity index (χ0v) is 14.8. The van der Waals surface area contributed by atoms with Crippen LogP contribution in [-0.4, -0.2) is 29.3 Å². The van der Waals surface area contributed by atoms with Gasteiger partial charge in [0.1, 0.15) is 5.41 Å². The van der Waals surface area contributed by atoms with Gasteiger partial charge in [-0.15, -0.1) is 0 Å². The van der Waals surface area contributed by atoms with Crippen LogP contribution in [0.15, 0.2) is 24.3 Å². The van der Waals surface area contributed by atoms with Crippen LogP contribution in [0.5, 0.6) is 0 Å². The molecule has 1 heterocycles. The third-order valence-electron chi connectivity index (χ3n) is 4.56. The average Bonchev–Trinajstić information content (AvgIpc) is 2.56. The molecule has 1 aliphatic rings. The zero-order chi connectivity index (χ0) is 17.0. The van der Waals surface area contributed by atoms with E-state index in [0.717, 1.165) is 32.2 Å². The maximum absolute atomic E-state index is 12.9. The van der Waals surface area contributed by atoms with Crippen LogP contribution in [0.1, 0.15) is 46.5 Å². The van der Waals surface area contributed by atoms with E-state index in [1.54, 1.807) is 38.1 Å². The highest BCUT2D eigenvalue weighted by atomic mass is 35.5. The Morgan fingerprint density at radius 2 is 1.91 bits per heavy atom. The number of nitrogens with one attached hydrogen (secondary N) is 1. The second-order valence-corrected chi connectivity index (χ2v) is 7.08. The number of piperidine rings is 1. The lowest BCUT2D eigenvalue weighted by Crippen LogP contribution is -2.52. The summed E-state index contributed by atoms with van der Waals surface area (Å²) in [5, 5.41) is 3.43. The smallest absolute Gasteiger partial charge is 0.239 e. The normalized spacial score (nSPS) is 18.6. The second kappa shape index (κ2) is 7.35. The summed E-state index contributed by atoms with van der Waals surface area (Å²) in [5.74, 6) is -0.374. The van der Waals surface area contributed by atoms with Crippen LogP contribution < -0.4 is 5.32 Å². The highest BCUT2D eigenvalue weighted by Gasteiger charge is 2.41. The van der Waals surface area contributed by atoms with Crippen molar-refractivity contribution in [2.75, 3.05) is 11.9 Å². The van der Waals surface area contributed by atoms with Crippen molar-refractivity contribution in [2.45, 2.75) is 52.5 Å². The Hall–Kier alpha value is -1.55. The predicted molar refractivity (Wildman–Crippen MR) is 93.5 cm³/mol. The molecule has 0 spiro atoms. The topological polar surface area (TPSA) is 49.4 Å². The van der Waals surface area contributed by atoms with Gasteiger partial charge < -0.3 is 10.2 Å². The Bertz CT molecular complexity index is 569. The van der Waals surface area contributed by atoms with E-state index in [4.69, 9.17) is 11.6 Å². The van der Waals surface area contributed by atoms with Gasteiger partial charge in [0, 0.05) is 23.3 Å². The lowest BCUT2D eigenvalue weighted by Gasteiger charge is -2.39. The van der Waals surface area contributed by atoms with Crippen molar-refractivity contribution in [3.8, 4) is 0 Å². The molecule has 4 nitrogen and oxygen atoms in total. The van der Waals surface area contributed by atoms with E-state index in [0.29, 0.717) is 10.7 Å². The van der Waals surface area contributed by atoms with E-state index < -0.39 is 5.41 Å². The maximum atomic E-state index is 12.9. The first-order valence-electron chi connectivity index (χ1n) is 8.24. The van der Waals surface area contributed by atoms with Crippen molar-refractivity contribution in [3.63, 3.8) is 0 Å². The fraction of sp³-hybridized carbons (Fsp3) is 0.556. The van der Waals surface area contributed by atoms with E-state index >= 15 is 0 Å². The molecule has 1 saturated heterocycles. The summed E-state index contributed by atoms with van der Waals surface area (Å²) >= 11 is 5.85. The molecule has 1 N–H and O–H groups in total. The van der Waals surface area contributed by atoms with Crippen molar-refractivity contribution in [1.82, 2.24) is 4.90 Å². The van der Waals surface area contributed by atoms with Gasteiger partial charge in [-0.25, -0.2) is 0 Å². The van der Waals surface area contributed by atoms with Gasteiger partial charge in [-0.05, 0) is 63.8 Å². The quantitative estimate of drug-likeness (QED) is 0.842. The molecular formula is C18H25ClN2O2. The van der Waals surface area contributed by atoms with Crippen LogP contribution in [0.3, 0.4) is 0 Å². The number of hydrogen-bond acceptors (Lipinski definition) is 2. The molecule has 1 atom stereocenters. The molecule has 0 aliphatic carbocycles. The molecule has 0 bridgehead atoms. The largest absolute Gasteiger partial charge is 0.339 e. The number of nitrogens with zero attached hydrogens (tertiary/aromatic N) is 1. The molecule has 0 radical (unpaired) electrons. The first kappa shape index (κ1) is 17.8. The number of rotatable bonds is 4. The summed E-state index contributed by atoms with van der Waals surface area (Å²) in [7, 11) is 0. The molecule has 126 valence electrons. The van der Waals surface area contributed by atoms with Crippen LogP contribution in [0, 0.1) is 5.41 Å². The average molecular weight is 337 g/mol. The van der Waals surface area contributed by atoms with E-state index in [9.17, 15) is 9.59 Å². The van der Waals surface area contributed by atoms with Gasteiger partial charge in [0.15, 0.2) is 0 Å². The Morgan fingerprint density at radius 1 is 1.26 bits per heavy atom. The molecule has 1 unspecified atom stereocenters. The van der Waals surface area contributed by atoms with Crippen molar-refractivity contribution in [1.29, 1.82) is 0 Å². The number of carbonyl (C=O) groups is 2. The Kier molecular flexibility index (Phi) is 5.69. The van der Waals surface area contributed by atoms with Gasteiger partial charge in [-0.2, -0.15) is 0 Å². The SMILES string of the molecule is CCC1CCCCN1C(=O)C(C)(C)C(=O)Nc1ccc(Cl)cc1. The monoisotopic (exact) mass is 336 g/mol. The number of hydrogen-bond donors (Lipinski definition) is 1. The minimum Gasteiger partial charge on any atom is -0.339 e. The number of benzene rings is 1. The number of amides is 2. The number of carbonyl (C=O) groups excluding carboxylic acids is 2. The summed E-state index contributed by atoms with van der Waals surface area (Å²) in [6.45, 7) is 6.23. The second-order valence-electron chi connectivity index (χ2n) is 6.64. The zero-order valence-electron chi connectivity index (χ0n) is 14.1. The number of anilines is 1. The van der Waals surface area contributed by atoms with Crippen LogP contribution >= 0.6 is 11.6 Å². The molecule has 2 rings (SSSR count). The van der Waals surface area contributed by atoms with Crippen LogP contribution in [0.25, 0.3) is 0 Å². The van der Waals surface area contributed by atoms with Crippen LogP contribution in [-0.2, 0) is 9.59 Å². The first-order chi connectivity index (χ1) is 10.9. The fourth-order valence-electron chi connectivity index (χ4n) is 2.97. The van der Waals surface area contributed by atoms with Crippen LogP contribution in [0.4, 0.5) is 5.69 Å². The lowest BCUT2D eigenvalue weighted by atomic mass is 9.87. The van der Waals surface area contributed by atoms with Crippen molar-refractivity contribution >= 4 is 29.1 Å². The number of likely N-dealkylation sites (tertiary alicyclic amines) is 1. The van der Waals surface area contributed by atoms with Gasteiger partial charge in [0.2, 0.25) is 11.8 Å². The van der Waals surface area contributed by atoms with E-state index in [1.165, 1.54) is 0 Å². The minimum absolute atomic E-state index is 0.0875. The lowest BCUT2D eigenvalue weighted by molar-refractivity contribution is -0.149. The third kappa shape index (κ3) is 4.05. The van der Waals surface area contributed by atoms with E-state index in [2.05, 4.69) is 12.2 Å². The number of halogens is 1. The standard InChI is InChI=1S/C18H25ClN2O2/c1-4-15-7-5-6-12-21(15)17(23)18(2,3)16(22)20-14-10-8-13(19)9-11-14/h8-11,15H,4-7,12H2,1-3H3,(H,20,22). The van der Waals surface area contributed by atoms with Gasteiger partial charge >= 0.3 is 0 Å². The molecule has 1 aromatic carbocycles. The minimum atomic E-state index is -1.09. The third-order valence-corrected chi connectivity index (χ3v) is 4.82. The van der Waals surface area contributed by atoms with Gasteiger partial charge in [0.25, 0.3) is 0 Å².